The van der Waals surface area contributed by atoms with Gasteiger partial charge in [-0.1, -0.05) is 27.2 Å². The number of nitrogens with one attached hydrogen (secondary N) is 2. The van der Waals surface area contributed by atoms with Gasteiger partial charge in [-0.25, -0.2) is 8.78 Å². The van der Waals surface area contributed by atoms with Gasteiger partial charge in [0.15, 0.2) is 0 Å². The van der Waals surface area contributed by atoms with Crippen LogP contribution in [0.2, 0.25) is 0 Å². The average molecular weight is 518 g/mol. The van der Waals surface area contributed by atoms with Crippen LogP contribution in [0.15, 0.2) is 36.4 Å². The molecule has 0 spiro atoms. The Labute approximate surface area is 219 Å². The standard InChI is InChI=1S/C29H41F2N3O3/c1-5-8-9-32-19-27(35)26(16-21-14-24(30)18-25(31)15-21)33-28(36)22-12-20(4)13-23(17-22)29(37)34(10-6-2)11-7-3/h12-15,17-18,26-27,32,35H,5-11,16,19H2,1-4H3,(H,33,36)/t26-,27+/m0/s1. The quantitative estimate of drug-likeness (QED) is 0.301. The number of amides is 2. The van der Waals surface area contributed by atoms with Crippen LogP contribution in [0.4, 0.5) is 8.78 Å². The van der Waals surface area contributed by atoms with Gasteiger partial charge in [0.05, 0.1) is 12.1 Å². The number of hydrogen-bond acceptors (Lipinski definition) is 4. The second kappa shape index (κ2) is 15.4. The number of nitrogens with zero attached hydrogens (tertiary/aromatic N) is 1. The van der Waals surface area contributed by atoms with E-state index in [1.807, 2.05) is 20.8 Å². The van der Waals surface area contributed by atoms with Crippen LogP contribution >= 0.6 is 0 Å². The van der Waals surface area contributed by atoms with E-state index in [0.29, 0.717) is 30.8 Å². The fourth-order valence-corrected chi connectivity index (χ4v) is 4.29. The number of benzene rings is 2. The molecule has 0 aliphatic rings. The van der Waals surface area contributed by atoms with Crippen LogP contribution in [-0.4, -0.2) is 60.1 Å². The summed E-state index contributed by atoms with van der Waals surface area (Å²) in [6.45, 7) is 10.1. The van der Waals surface area contributed by atoms with Gasteiger partial charge in [-0.05, 0) is 80.6 Å². The normalized spacial score (nSPS) is 12.7. The Kier molecular flexibility index (Phi) is 12.7. The van der Waals surface area contributed by atoms with Crippen molar-refractivity contribution >= 4 is 11.8 Å². The first kappa shape index (κ1) is 30.4. The zero-order chi connectivity index (χ0) is 27.4. The molecule has 2 rings (SSSR count). The number of carbonyl (C=O) groups excluding carboxylic acids is 2. The number of unbranched alkanes of at least 4 members (excludes halogenated alkanes) is 1. The molecule has 204 valence electrons. The minimum absolute atomic E-state index is 0.0371. The van der Waals surface area contributed by atoms with Crippen molar-refractivity contribution in [3.05, 3.63) is 70.3 Å². The fourth-order valence-electron chi connectivity index (χ4n) is 4.29. The molecule has 0 fully saturated rings. The lowest BCUT2D eigenvalue weighted by Gasteiger charge is -2.25. The number of hydrogen-bond donors (Lipinski definition) is 3. The number of aryl methyl sites for hydroxylation is 1. The first-order chi connectivity index (χ1) is 17.7. The van der Waals surface area contributed by atoms with Crippen LogP contribution in [0.25, 0.3) is 0 Å². The van der Waals surface area contributed by atoms with Gasteiger partial charge in [0.2, 0.25) is 0 Å². The fraction of sp³-hybridized carbons (Fsp3) is 0.517. The summed E-state index contributed by atoms with van der Waals surface area (Å²) < 4.78 is 27.6. The first-order valence-corrected chi connectivity index (χ1v) is 13.2. The monoisotopic (exact) mass is 517 g/mol. The van der Waals surface area contributed by atoms with E-state index < -0.39 is 29.7 Å². The molecule has 2 atom stereocenters. The van der Waals surface area contributed by atoms with E-state index in [2.05, 4.69) is 17.6 Å². The molecule has 3 N–H and O–H groups in total. The third-order valence-corrected chi connectivity index (χ3v) is 6.08. The number of rotatable bonds is 15. The summed E-state index contributed by atoms with van der Waals surface area (Å²) in [6.07, 6.45) is 2.63. The maximum atomic E-state index is 13.8. The smallest absolute Gasteiger partial charge is 0.253 e. The van der Waals surface area contributed by atoms with E-state index >= 15 is 0 Å². The van der Waals surface area contributed by atoms with E-state index in [0.717, 1.165) is 37.3 Å². The molecule has 2 amide bonds. The minimum Gasteiger partial charge on any atom is -0.390 e. The third-order valence-electron chi connectivity index (χ3n) is 6.08. The number of halogens is 2. The van der Waals surface area contributed by atoms with Crippen molar-refractivity contribution in [2.24, 2.45) is 0 Å². The van der Waals surface area contributed by atoms with Crippen LogP contribution in [0.5, 0.6) is 0 Å². The van der Waals surface area contributed by atoms with Gasteiger partial charge in [-0.2, -0.15) is 0 Å². The first-order valence-electron chi connectivity index (χ1n) is 13.2. The number of aliphatic hydroxyl groups is 1. The summed E-state index contributed by atoms with van der Waals surface area (Å²) in [5, 5.41) is 16.9. The van der Waals surface area contributed by atoms with Gasteiger partial charge in [-0.15, -0.1) is 0 Å². The van der Waals surface area contributed by atoms with Crippen molar-refractivity contribution < 1.29 is 23.5 Å². The molecule has 2 aromatic rings. The summed E-state index contributed by atoms with van der Waals surface area (Å²) in [6, 6.07) is 7.37. The lowest BCUT2D eigenvalue weighted by atomic mass is 9.99. The van der Waals surface area contributed by atoms with E-state index in [4.69, 9.17) is 0 Å². The molecule has 0 aromatic heterocycles. The Morgan fingerprint density at radius 3 is 2.14 bits per heavy atom. The van der Waals surface area contributed by atoms with Crippen molar-refractivity contribution in [1.29, 1.82) is 0 Å². The van der Waals surface area contributed by atoms with Gasteiger partial charge >= 0.3 is 0 Å². The topological polar surface area (TPSA) is 81.7 Å². The summed E-state index contributed by atoms with van der Waals surface area (Å²) in [4.78, 5) is 28.2. The van der Waals surface area contributed by atoms with Crippen LogP contribution in [0.3, 0.4) is 0 Å². The molecule has 0 radical (unpaired) electrons. The SMILES string of the molecule is CCCCNC[C@@H](O)[C@H](Cc1cc(F)cc(F)c1)NC(=O)c1cc(C)cc(C(=O)N(CCC)CCC)c1. The second-order valence-corrected chi connectivity index (χ2v) is 9.57. The van der Waals surface area contributed by atoms with Crippen LogP contribution in [0, 0.1) is 18.6 Å². The molecule has 8 heteroatoms. The molecule has 0 aliphatic carbocycles. The molecular formula is C29H41F2N3O3. The van der Waals surface area contributed by atoms with Gasteiger partial charge in [0.25, 0.3) is 11.8 Å². The number of aliphatic hydroxyl groups excluding tert-OH is 1. The highest BCUT2D eigenvalue weighted by Crippen LogP contribution is 2.16. The lowest BCUT2D eigenvalue weighted by Crippen LogP contribution is -2.49. The Morgan fingerprint density at radius 1 is 0.919 bits per heavy atom. The third kappa shape index (κ3) is 9.85. The van der Waals surface area contributed by atoms with Gasteiger partial charge in [0, 0.05) is 36.8 Å². The molecule has 6 nitrogen and oxygen atoms in total. The van der Waals surface area contributed by atoms with Crippen molar-refractivity contribution in [3.63, 3.8) is 0 Å². The van der Waals surface area contributed by atoms with Crippen molar-refractivity contribution in [1.82, 2.24) is 15.5 Å². The molecule has 0 aliphatic heterocycles. The molecule has 0 saturated heterocycles. The van der Waals surface area contributed by atoms with Crippen LogP contribution < -0.4 is 10.6 Å². The Bertz CT molecular complexity index is 1010. The maximum absolute atomic E-state index is 13.8. The van der Waals surface area contributed by atoms with Crippen LogP contribution in [0.1, 0.15) is 78.3 Å². The average Bonchev–Trinajstić information content (AvgIpc) is 2.84. The Balaban J connectivity index is 2.27. The predicted octanol–water partition coefficient (Wildman–Crippen LogP) is 4.63. The zero-order valence-electron chi connectivity index (χ0n) is 22.4. The minimum atomic E-state index is -0.998. The Morgan fingerprint density at radius 2 is 1.54 bits per heavy atom. The highest BCUT2D eigenvalue weighted by atomic mass is 19.1. The predicted molar refractivity (Wildman–Crippen MR) is 143 cm³/mol. The molecule has 2 aromatic carbocycles. The highest BCUT2D eigenvalue weighted by Gasteiger charge is 2.24. The maximum Gasteiger partial charge on any atom is 0.253 e. The molecule has 0 bridgehead atoms. The van der Waals surface area contributed by atoms with Crippen molar-refractivity contribution in [3.8, 4) is 0 Å². The molecule has 0 heterocycles. The van der Waals surface area contributed by atoms with Gasteiger partial charge in [0.1, 0.15) is 11.6 Å². The van der Waals surface area contributed by atoms with Crippen molar-refractivity contribution in [2.75, 3.05) is 26.2 Å². The highest BCUT2D eigenvalue weighted by molar-refractivity contribution is 6.00. The summed E-state index contributed by atoms with van der Waals surface area (Å²) in [5.74, 6) is -2.04. The van der Waals surface area contributed by atoms with Gasteiger partial charge < -0.3 is 20.6 Å². The zero-order valence-corrected chi connectivity index (χ0v) is 22.4. The summed E-state index contributed by atoms with van der Waals surface area (Å²) in [7, 11) is 0. The van der Waals surface area contributed by atoms with Crippen molar-refractivity contribution in [2.45, 2.75) is 71.9 Å². The molecular weight excluding hydrogens is 476 g/mol. The largest absolute Gasteiger partial charge is 0.390 e. The summed E-state index contributed by atoms with van der Waals surface area (Å²) in [5.41, 5.74) is 1.80. The van der Waals surface area contributed by atoms with Crippen LogP contribution in [-0.2, 0) is 6.42 Å². The number of carbonyl (C=O) groups is 2. The lowest BCUT2D eigenvalue weighted by molar-refractivity contribution is 0.0755. The molecule has 37 heavy (non-hydrogen) atoms. The second-order valence-electron chi connectivity index (χ2n) is 9.57. The van der Waals surface area contributed by atoms with E-state index in [1.165, 1.54) is 12.1 Å². The Hall–Kier alpha value is -2.84. The van der Waals surface area contributed by atoms with E-state index in [9.17, 15) is 23.5 Å². The molecule has 0 unspecified atom stereocenters. The summed E-state index contributed by atoms with van der Waals surface area (Å²) >= 11 is 0. The van der Waals surface area contributed by atoms with E-state index in [-0.39, 0.29) is 24.4 Å². The molecule has 0 saturated carbocycles. The van der Waals surface area contributed by atoms with Gasteiger partial charge in [-0.3, -0.25) is 9.59 Å². The van der Waals surface area contributed by atoms with E-state index in [1.54, 1.807) is 23.1 Å².